The molecule has 0 rings (SSSR count). The fourth-order valence-electron chi connectivity index (χ4n) is 4.07. The summed E-state index contributed by atoms with van der Waals surface area (Å²) in [5, 5.41) is 3.13. The highest BCUT2D eigenvalue weighted by atomic mass is 16.1. The van der Waals surface area contributed by atoms with E-state index in [4.69, 9.17) is 0 Å². The Labute approximate surface area is 202 Å². The Morgan fingerprint density at radius 1 is 0.594 bits per heavy atom. The number of hydrogen-bond donors (Lipinski definition) is 1. The first-order valence-corrected chi connectivity index (χ1v) is 14.4. The van der Waals surface area contributed by atoms with Crippen molar-refractivity contribution in [1.82, 2.24) is 10.2 Å². The molecular formula is C29H58N2O. The maximum atomic E-state index is 12.0. The third-order valence-electron chi connectivity index (χ3n) is 6.29. The fraction of sp³-hybridized carbons (Fsp3) is 0.897. The first-order chi connectivity index (χ1) is 15.7. The van der Waals surface area contributed by atoms with Gasteiger partial charge in [-0.25, -0.2) is 0 Å². The number of carbonyl (C=O) groups is 1. The lowest BCUT2D eigenvalue weighted by Crippen LogP contribution is -2.31. The van der Waals surface area contributed by atoms with E-state index in [1.165, 1.54) is 116 Å². The number of rotatable bonds is 25. The molecule has 0 aromatic carbocycles. The summed E-state index contributed by atoms with van der Waals surface area (Å²) in [7, 11) is 0. The zero-order valence-corrected chi connectivity index (χ0v) is 22.3. The van der Waals surface area contributed by atoms with E-state index in [1.807, 2.05) is 0 Å². The Bertz CT molecular complexity index is 400. The predicted molar refractivity (Wildman–Crippen MR) is 143 cm³/mol. The average molecular weight is 451 g/mol. The molecule has 0 heterocycles. The molecule has 0 aliphatic rings. The molecule has 0 unspecified atom stereocenters. The van der Waals surface area contributed by atoms with E-state index >= 15 is 0 Å². The van der Waals surface area contributed by atoms with E-state index in [2.05, 4.69) is 43.1 Å². The SMILES string of the molecule is CCCCCCCC/C=C\CCCCCCCC(=O)NCCCN(CCCC)CCCC. The summed E-state index contributed by atoms with van der Waals surface area (Å²) in [6, 6.07) is 0. The normalized spacial score (nSPS) is 11.6. The molecule has 0 aromatic rings. The molecule has 190 valence electrons. The van der Waals surface area contributed by atoms with Crippen molar-refractivity contribution in [2.24, 2.45) is 0 Å². The van der Waals surface area contributed by atoms with Crippen LogP contribution in [0.5, 0.6) is 0 Å². The van der Waals surface area contributed by atoms with E-state index < -0.39 is 0 Å². The minimum absolute atomic E-state index is 0.247. The monoisotopic (exact) mass is 450 g/mol. The third-order valence-corrected chi connectivity index (χ3v) is 6.29. The topological polar surface area (TPSA) is 32.3 Å². The largest absolute Gasteiger partial charge is 0.356 e. The van der Waals surface area contributed by atoms with Crippen LogP contribution >= 0.6 is 0 Å². The van der Waals surface area contributed by atoms with Crippen LogP contribution < -0.4 is 5.32 Å². The molecule has 0 spiro atoms. The predicted octanol–water partition coefficient (Wildman–Crippen LogP) is 8.43. The van der Waals surface area contributed by atoms with Gasteiger partial charge in [-0.3, -0.25) is 4.79 Å². The van der Waals surface area contributed by atoms with Gasteiger partial charge in [0.15, 0.2) is 0 Å². The lowest BCUT2D eigenvalue weighted by atomic mass is 10.1. The number of unbranched alkanes of at least 4 members (excludes halogenated alkanes) is 13. The van der Waals surface area contributed by atoms with Crippen molar-refractivity contribution >= 4 is 5.91 Å². The maximum absolute atomic E-state index is 12.0. The molecule has 32 heavy (non-hydrogen) atoms. The van der Waals surface area contributed by atoms with Crippen LogP contribution in [0.3, 0.4) is 0 Å². The Morgan fingerprint density at radius 2 is 1.06 bits per heavy atom. The highest BCUT2D eigenvalue weighted by Gasteiger charge is 2.05. The van der Waals surface area contributed by atoms with Crippen molar-refractivity contribution in [2.45, 2.75) is 143 Å². The van der Waals surface area contributed by atoms with E-state index in [0.29, 0.717) is 6.42 Å². The van der Waals surface area contributed by atoms with Gasteiger partial charge in [0.2, 0.25) is 5.91 Å². The molecule has 0 atom stereocenters. The third kappa shape index (κ3) is 23.8. The second kappa shape index (κ2) is 26.4. The van der Waals surface area contributed by atoms with Gasteiger partial charge in [0.1, 0.15) is 0 Å². The zero-order chi connectivity index (χ0) is 23.5. The van der Waals surface area contributed by atoms with Crippen molar-refractivity contribution < 1.29 is 4.79 Å². The quantitative estimate of drug-likeness (QED) is 0.112. The van der Waals surface area contributed by atoms with Gasteiger partial charge in [-0.2, -0.15) is 0 Å². The summed E-state index contributed by atoms with van der Waals surface area (Å²) in [5.74, 6) is 0.247. The Hall–Kier alpha value is -0.830. The summed E-state index contributed by atoms with van der Waals surface area (Å²) >= 11 is 0. The summed E-state index contributed by atoms with van der Waals surface area (Å²) in [5.41, 5.74) is 0. The van der Waals surface area contributed by atoms with Crippen LogP contribution in [0.2, 0.25) is 0 Å². The van der Waals surface area contributed by atoms with Crippen LogP contribution in [-0.2, 0) is 4.79 Å². The zero-order valence-electron chi connectivity index (χ0n) is 22.3. The summed E-state index contributed by atoms with van der Waals surface area (Å²) in [6.45, 7) is 11.2. The van der Waals surface area contributed by atoms with Crippen molar-refractivity contribution in [1.29, 1.82) is 0 Å². The molecule has 0 saturated carbocycles. The molecule has 0 aliphatic carbocycles. The van der Waals surface area contributed by atoms with Gasteiger partial charge in [-0.05, 0) is 71.0 Å². The Morgan fingerprint density at radius 3 is 1.62 bits per heavy atom. The van der Waals surface area contributed by atoms with Gasteiger partial charge in [0.05, 0.1) is 0 Å². The molecule has 1 amide bonds. The van der Waals surface area contributed by atoms with Crippen molar-refractivity contribution in [3.8, 4) is 0 Å². The highest BCUT2D eigenvalue weighted by molar-refractivity contribution is 5.75. The summed E-state index contributed by atoms with van der Waals surface area (Å²) in [4.78, 5) is 14.6. The Kier molecular flexibility index (Phi) is 25.7. The summed E-state index contributed by atoms with van der Waals surface area (Å²) < 4.78 is 0. The molecule has 3 heteroatoms. The molecule has 0 aromatic heterocycles. The number of nitrogens with one attached hydrogen (secondary N) is 1. The van der Waals surface area contributed by atoms with E-state index in [-0.39, 0.29) is 5.91 Å². The van der Waals surface area contributed by atoms with Gasteiger partial charge >= 0.3 is 0 Å². The minimum Gasteiger partial charge on any atom is -0.356 e. The number of amides is 1. The minimum atomic E-state index is 0.247. The van der Waals surface area contributed by atoms with Crippen LogP contribution in [-0.4, -0.2) is 37.0 Å². The lowest BCUT2D eigenvalue weighted by Gasteiger charge is -2.21. The van der Waals surface area contributed by atoms with Gasteiger partial charge < -0.3 is 10.2 Å². The molecule has 0 fully saturated rings. The molecule has 3 nitrogen and oxygen atoms in total. The van der Waals surface area contributed by atoms with E-state index in [9.17, 15) is 4.79 Å². The smallest absolute Gasteiger partial charge is 0.219 e. The van der Waals surface area contributed by atoms with Crippen LogP contribution in [0.4, 0.5) is 0 Å². The first-order valence-electron chi connectivity index (χ1n) is 14.4. The fourth-order valence-corrected chi connectivity index (χ4v) is 4.07. The molecular weight excluding hydrogens is 392 g/mol. The van der Waals surface area contributed by atoms with Crippen LogP contribution in [0.1, 0.15) is 143 Å². The maximum Gasteiger partial charge on any atom is 0.219 e. The van der Waals surface area contributed by atoms with Gasteiger partial charge in [-0.15, -0.1) is 0 Å². The molecule has 1 N–H and O–H groups in total. The highest BCUT2D eigenvalue weighted by Crippen LogP contribution is 2.10. The number of carbonyl (C=O) groups excluding carboxylic acids is 1. The van der Waals surface area contributed by atoms with Crippen molar-refractivity contribution in [2.75, 3.05) is 26.2 Å². The lowest BCUT2D eigenvalue weighted by molar-refractivity contribution is -0.121. The number of hydrogen-bond acceptors (Lipinski definition) is 2. The Balaban J connectivity index is 3.44. The second-order valence-electron chi connectivity index (χ2n) is 9.59. The van der Waals surface area contributed by atoms with Gasteiger partial charge in [0, 0.05) is 13.0 Å². The van der Waals surface area contributed by atoms with Gasteiger partial charge in [-0.1, -0.05) is 97.1 Å². The van der Waals surface area contributed by atoms with Crippen LogP contribution in [0.25, 0.3) is 0 Å². The first kappa shape index (κ1) is 31.2. The average Bonchev–Trinajstić information content (AvgIpc) is 2.80. The molecule has 0 bridgehead atoms. The van der Waals surface area contributed by atoms with Crippen LogP contribution in [0, 0.1) is 0 Å². The van der Waals surface area contributed by atoms with E-state index in [0.717, 1.165) is 25.9 Å². The van der Waals surface area contributed by atoms with Crippen LogP contribution in [0.15, 0.2) is 12.2 Å². The van der Waals surface area contributed by atoms with E-state index in [1.54, 1.807) is 0 Å². The number of nitrogens with zero attached hydrogens (tertiary/aromatic N) is 1. The van der Waals surface area contributed by atoms with Crippen molar-refractivity contribution in [3.63, 3.8) is 0 Å². The molecule has 0 saturated heterocycles. The number of allylic oxidation sites excluding steroid dienone is 2. The summed E-state index contributed by atoms with van der Waals surface area (Å²) in [6.07, 6.45) is 28.5. The molecule has 0 aliphatic heterocycles. The second-order valence-corrected chi connectivity index (χ2v) is 9.59. The standard InChI is InChI=1S/C29H58N2O/c1-4-7-10-11-12-13-14-15-16-17-18-19-20-21-22-24-29(32)30-25-23-28-31(26-8-5-2)27-9-6-3/h15-16H,4-14,17-28H2,1-3H3,(H,30,32)/b16-15-. The van der Waals surface area contributed by atoms with Crippen molar-refractivity contribution in [3.05, 3.63) is 12.2 Å². The van der Waals surface area contributed by atoms with Gasteiger partial charge in [0.25, 0.3) is 0 Å². The molecule has 0 radical (unpaired) electrons.